The Morgan fingerprint density at radius 2 is 2.00 bits per heavy atom. The Kier molecular flexibility index (Phi) is 3.66. The zero-order valence-corrected chi connectivity index (χ0v) is 13.3. The van der Waals surface area contributed by atoms with Gasteiger partial charge in [0.05, 0.1) is 0 Å². The minimum absolute atomic E-state index is 0.0779. The molecule has 0 spiro atoms. The third-order valence-corrected chi connectivity index (χ3v) is 4.07. The van der Waals surface area contributed by atoms with Gasteiger partial charge in [-0.1, -0.05) is 18.2 Å². The average Bonchev–Trinajstić information content (AvgIpc) is 2.47. The number of aromatic amines is 1. The number of nitrogens with zero attached hydrogens (tertiary/aromatic N) is 1. The highest BCUT2D eigenvalue weighted by molar-refractivity contribution is 5.79. The highest BCUT2D eigenvalue weighted by Crippen LogP contribution is 2.25. The summed E-state index contributed by atoms with van der Waals surface area (Å²) in [6, 6.07) is 13.3. The first kappa shape index (κ1) is 15.2. The van der Waals surface area contributed by atoms with E-state index >= 15 is 0 Å². The fourth-order valence-electron chi connectivity index (χ4n) is 2.74. The molecule has 0 aliphatic heterocycles. The lowest BCUT2D eigenvalue weighted by Crippen LogP contribution is -2.35. The summed E-state index contributed by atoms with van der Waals surface area (Å²) in [6.45, 7) is 3.75. The van der Waals surface area contributed by atoms with Gasteiger partial charge in [0.1, 0.15) is 5.82 Å². The van der Waals surface area contributed by atoms with E-state index in [2.05, 4.69) is 9.97 Å². The van der Waals surface area contributed by atoms with Crippen molar-refractivity contribution in [3.8, 4) is 0 Å². The highest BCUT2D eigenvalue weighted by Gasteiger charge is 2.23. The Morgan fingerprint density at radius 1 is 1.22 bits per heavy atom. The Bertz CT molecular complexity index is 928. The van der Waals surface area contributed by atoms with Crippen molar-refractivity contribution in [1.82, 2.24) is 9.97 Å². The van der Waals surface area contributed by atoms with E-state index in [-0.39, 0.29) is 5.56 Å². The minimum Gasteiger partial charge on any atom is -0.384 e. The summed E-state index contributed by atoms with van der Waals surface area (Å²) in [6.07, 6.45) is 0.555. The number of nitrogen functional groups attached to an aromatic ring is 1. The van der Waals surface area contributed by atoms with Gasteiger partial charge in [0.25, 0.3) is 5.56 Å². The van der Waals surface area contributed by atoms with Crippen LogP contribution in [0.2, 0.25) is 0 Å². The number of anilines is 1. The van der Waals surface area contributed by atoms with E-state index in [9.17, 15) is 4.79 Å². The van der Waals surface area contributed by atoms with Crippen LogP contribution in [0.15, 0.2) is 47.3 Å². The third kappa shape index (κ3) is 3.10. The predicted molar refractivity (Wildman–Crippen MR) is 93.2 cm³/mol. The second-order valence-corrected chi connectivity index (χ2v) is 6.23. The quantitative estimate of drug-likeness (QED) is 0.691. The average molecular weight is 308 g/mol. The van der Waals surface area contributed by atoms with E-state index in [1.54, 1.807) is 13.0 Å². The smallest absolute Gasteiger partial charge is 0.251 e. The van der Waals surface area contributed by atoms with Crippen LogP contribution < -0.4 is 17.0 Å². The summed E-state index contributed by atoms with van der Waals surface area (Å²) in [5.41, 5.74) is 14.8. The number of benzene rings is 1. The molecule has 3 aromatic rings. The fourth-order valence-corrected chi connectivity index (χ4v) is 2.74. The van der Waals surface area contributed by atoms with Gasteiger partial charge in [-0.2, -0.15) is 0 Å². The number of nitrogens with one attached hydrogen (secondary N) is 1. The van der Waals surface area contributed by atoms with E-state index in [0.29, 0.717) is 17.8 Å². The maximum atomic E-state index is 11.8. The Morgan fingerprint density at radius 3 is 2.74 bits per heavy atom. The molecule has 23 heavy (non-hydrogen) atoms. The molecule has 0 saturated carbocycles. The van der Waals surface area contributed by atoms with Crippen molar-refractivity contribution in [1.29, 1.82) is 0 Å². The van der Waals surface area contributed by atoms with Crippen LogP contribution in [0.25, 0.3) is 10.9 Å². The minimum atomic E-state index is -0.614. The molecule has 1 aromatic carbocycles. The van der Waals surface area contributed by atoms with Gasteiger partial charge in [-0.3, -0.25) is 4.79 Å². The topological polar surface area (TPSA) is 97.8 Å². The molecule has 118 valence electrons. The summed E-state index contributed by atoms with van der Waals surface area (Å²) in [7, 11) is 0. The molecule has 0 aliphatic carbocycles. The maximum Gasteiger partial charge on any atom is 0.251 e. The molecule has 3 rings (SSSR count). The molecule has 1 unspecified atom stereocenters. The Balaban J connectivity index is 2.00. The predicted octanol–water partition coefficient (Wildman–Crippen LogP) is 2.23. The molecule has 5 heteroatoms. The van der Waals surface area contributed by atoms with Crippen LogP contribution in [0.5, 0.6) is 0 Å². The van der Waals surface area contributed by atoms with Crippen LogP contribution in [-0.2, 0) is 12.0 Å². The van der Waals surface area contributed by atoms with Crippen LogP contribution in [-0.4, -0.2) is 9.97 Å². The number of aromatic nitrogens is 2. The van der Waals surface area contributed by atoms with Gasteiger partial charge in [-0.05, 0) is 49.1 Å². The standard InChI is InChI=1S/C18H20N4O/c1-11-8-12-6-7-13(9-15(12)22-17(11)23)18(2,20)10-14-4-3-5-16(19)21-14/h3-9H,10,20H2,1-2H3,(H2,19,21)(H,22,23). The van der Waals surface area contributed by atoms with Crippen molar-refractivity contribution in [3.63, 3.8) is 0 Å². The molecule has 0 fully saturated rings. The third-order valence-electron chi connectivity index (χ3n) is 4.07. The summed E-state index contributed by atoms with van der Waals surface area (Å²) in [5.74, 6) is 0.483. The molecule has 5 N–H and O–H groups in total. The lowest BCUT2D eigenvalue weighted by molar-refractivity contribution is 0.486. The number of nitrogens with two attached hydrogens (primary N) is 2. The van der Waals surface area contributed by atoms with E-state index in [1.807, 2.05) is 43.3 Å². The lowest BCUT2D eigenvalue weighted by Gasteiger charge is -2.25. The van der Waals surface area contributed by atoms with Crippen LogP contribution in [0, 0.1) is 6.92 Å². The first-order chi connectivity index (χ1) is 10.8. The van der Waals surface area contributed by atoms with E-state index in [1.165, 1.54) is 0 Å². The monoisotopic (exact) mass is 308 g/mol. The second kappa shape index (κ2) is 5.52. The van der Waals surface area contributed by atoms with Gasteiger partial charge in [0.2, 0.25) is 0 Å². The van der Waals surface area contributed by atoms with Crippen molar-refractivity contribution < 1.29 is 0 Å². The molecule has 0 amide bonds. The number of hydrogen-bond acceptors (Lipinski definition) is 4. The van der Waals surface area contributed by atoms with Gasteiger partial charge in [-0.15, -0.1) is 0 Å². The molecule has 0 bridgehead atoms. The van der Waals surface area contributed by atoms with Crippen LogP contribution >= 0.6 is 0 Å². The van der Waals surface area contributed by atoms with Gasteiger partial charge in [-0.25, -0.2) is 4.98 Å². The molecule has 2 heterocycles. The number of hydrogen-bond donors (Lipinski definition) is 3. The normalized spacial score (nSPS) is 13.9. The second-order valence-electron chi connectivity index (χ2n) is 6.23. The first-order valence-electron chi connectivity index (χ1n) is 7.50. The SMILES string of the molecule is Cc1cc2ccc(C(C)(N)Cc3cccc(N)n3)cc2[nH]c1=O. The van der Waals surface area contributed by atoms with Gasteiger partial charge < -0.3 is 16.5 Å². The lowest BCUT2D eigenvalue weighted by atomic mass is 9.87. The summed E-state index contributed by atoms with van der Waals surface area (Å²) in [5, 5.41) is 0.990. The molecule has 1 atom stereocenters. The van der Waals surface area contributed by atoms with Crippen molar-refractivity contribution >= 4 is 16.7 Å². The summed E-state index contributed by atoms with van der Waals surface area (Å²) in [4.78, 5) is 19.0. The van der Waals surface area contributed by atoms with Crippen LogP contribution in [0.3, 0.4) is 0 Å². The number of pyridine rings is 2. The Labute approximate surface area is 134 Å². The summed E-state index contributed by atoms with van der Waals surface area (Å²) < 4.78 is 0. The number of aryl methyl sites for hydroxylation is 1. The largest absolute Gasteiger partial charge is 0.384 e. The van der Waals surface area contributed by atoms with Crippen molar-refractivity contribution in [2.24, 2.45) is 5.73 Å². The molecule has 0 aliphatic rings. The first-order valence-corrected chi connectivity index (χ1v) is 7.50. The molecule has 0 saturated heterocycles. The van der Waals surface area contributed by atoms with Crippen molar-refractivity contribution in [2.45, 2.75) is 25.8 Å². The number of rotatable bonds is 3. The zero-order chi connectivity index (χ0) is 16.6. The zero-order valence-electron chi connectivity index (χ0n) is 13.3. The van der Waals surface area contributed by atoms with Crippen molar-refractivity contribution in [2.75, 3.05) is 5.73 Å². The van der Waals surface area contributed by atoms with Crippen molar-refractivity contribution in [3.05, 3.63) is 69.6 Å². The Hall–Kier alpha value is -2.66. The van der Waals surface area contributed by atoms with E-state index in [0.717, 1.165) is 22.2 Å². The van der Waals surface area contributed by atoms with Gasteiger partial charge in [0.15, 0.2) is 0 Å². The molecular weight excluding hydrogens is 288 g/mol. The van der Waals surface area contributed by atoms with Crippen LogP contribution in [0.1, 0.15) is 23.7 Å². The summed E-state index contributed by atoms with van der Waals surface area (Å²) >= 11 is 0. The number of H-pyrrole nitrogens is 1. The molecular formula is C18H20N4O. The highest BCUT2D eigenvalue weighted by atomic mass is 16.1. The maximum absolute atomic E-state index is 11.8. The van der Waals surface area contributed by atoms with Gasteiger partial charge >= 0.3 is 0 Å². The van der Waals surface area contributed by atoms with Crippen LogP contribution in [0.4, 0.5) is 5.82 Å². The molecule has 2 aromatic heterocycles. The van der Waals surface area contributed by atoms with E-state index < -0.39 is 5.54 Å². The fraction of sp³-hybridized carbons (Fsp3) is 0.222. The molecule has 5 nitrogen and oxygen atoms in total. The number of fused-ring (bicyclic) bond motifs is 1. The molecule has 0 radical (unpaired) electrons. The van der Waals surface area contributed by atoms with E-state index in [4.69, 9.17) is 11.5 Å². The van der Waals surface area contributed by atoms with Gasteiger partial charge in [0, 0.05) is 28.7 Å².